The van der Waals surface area contributed by atoms with E-state index in [1.165, 1.54) is 11.3 Å². The Morgan fingerprint density at radius 2 is 2.12 bits per heavy atom. The molecule has 4 heterocycles. The molecule has 2 aliphatic rings. The average Bonchev–Trinajstić information content (AvgIpc) is 3.00. The van der Waals surface area contributed by atoms with E-state index in [1.54, 1.807) is 0 Å². The molecule has 0 aromatic carbocycles. The first-order valence-electron chi connectivity index (χ1n) is 9.02. The van der Waals surface area contributed by atoms with Gasteiger partial charge in [0.25, 0.3) is 5.91 Å². The third-order valence-electron chi connectivity index (χ3n) is 4.91. The number of nitrogens with zero attached hydrogens (tertiary/aromatic N) is 4. The molecule has 4 rings (SSSR count). The number of thiazole rings is 1. The van der Waals surface area contributed by atoms with Crippen LogP contribution < -0.4 is 10.2 Å². The van der Waals surface area contributed by atoms with Crippen LogP contribution in [-0.4, -0.2) is 46.6 Å². The monoisotopic (exact) mass is 373 g/mol. The van der Waals surface area contributed by atoms with E-state index in [-0.39, 0.29) is 11.9 Å². The van der Waals surface area contributed by atoms with Crippen molar-refractivity contribution >= 4 is 23.2 Å². The van der Waals surface area contributed by atoms with Crippen molar-refractivity contribution in [3.8, 4) is 0 Å². The predicted molar refractivity (Wildman–Crippen MR) is 99.7 cm³/mol. The van der Waals surface area contributed by atoms with Crippen molar-refractivity contribution in [1.82, 2.24) is 20.3 Å². The maximum Gasteiger partial charge on any atom is 0.263 e. The molecule has 0 saturated carbocycles. The highest BCUT2D eigenvalue weighted by molar-refractivity contribution is 7.13. The van der Waals surface area contributed by atoms with Gasteiger partial charge in [0.15, 0.2) is 0 Å². The Morgan fingerprint density at radius 3 is 2.85 bits per heavy atom. The van der Waals surface area contributed by atoms with Gasteiger partial charge in [-0.3, -0.25) is 4.79 Å². The number of rotatable bonds is 3. The van der Waals surface area contributed by atoms with Crippen molar-refractivity contribution in [2.45, 2.75) is 45.8 Å². The molecule has 2 aliphatic heterocycles. The maximum atomic E-state index is 12.5. The van der Waals surface area contributed by atoms with Crippen LogP contribution in [0.5, 0.6) is 0 Å². The summed E-state index contributed by atoms with van der Waals surface area (Å²) in [4.78, 5) is 29.0. The van der Waals surface area contributed by atoms with Gasteiger partial charge in [-0.25, -0.2) is 15.0 Å². The lowest BCUT2D eigenvalue weighted by atomic mass is 10.1. The largest absolute Gasteiger partial charge is 0.376 e. The molecule has 138 valence electrons. The Bertz CT molecular complexity index is 814. The third-order valence-corrected chi connectivity index (χ3v) is 5.98. The summed E-state index contributed by atoms with van der Waals surface area (Å²) < 4.78 is 5.44. The van der Waals surface area contributed by atoms with Crippen LogP contribution in [-0.2, 0) is 17.8 Å². The van der Waals surface area contributed by atoms with E-state index in [0.29, 0.717) is 6.61 Å². The normalized spacial score (nSPS) is 17.8. The van der Waals surface area contributed by atoms with E-state index in [0.717, 1.165) is 71.7 Å². The standard InChI is InChI=1S/C18H23N5O2S/c1-11-16(26-12(2)20-11)17(24)21-14-3-6-23(7-4-14)18-19-9-13-10-25-8-5-15(13)22-18/h9,14H,3-8,10H2,1-2H3,(H,21,24). The average molecular weight is 373 g/mol. The first-order chi connectivity index (χ1) is 12.6. The quantitative estimate of drug-likeness (QED) is 0.887. The number of amides is 1. The zero-order chi connectivity index (χ0) is 18.1. The van der Waals surface area contributed by atoms with Crippen LogP contribution >= 0.6 is 11.3 Å². The summed E-state index contributed by atoms with van der Waals surface area (Å²) >= 11 is 1.46. The first kappa shape index (κ1) is 17.4. The van der Waals surface area contributed by atoms with Crippen LogP contribution in [0.15, 0.2) is 6.20 Å². The summed E-state index contributed by atoms with van der Waals surface area (Å²) in [5.41, 5.74) is 3.01. The van der Waals surface area contributed by atoms with Gasteiger partial charge < -0.3 is 15.0 Å². The second-order valence-electron chi connectivity index (χ2n) is 6.83. The molecule has 8 heteroatoms. The smallest absolute Gasteiger partial charge is 0.263 e. The molecule has 1 N–H and O–H groups in total. The number of fused-ring (bicyclic) bond motifs is 1. The number of ether oxygens (including phenoxy) is 1. The fourth-order valence-corrected chi connectivity index (χ4v) is 4.31. The van der Waals surface area contributed by atoms with E-state index in [9.17, 15) is 4.79 Å². The van der Waals surface area contributed by atoms with Crippen molar-refractivity contribution in [2.75, 3.05) is 24.6 Å². The van der Waals surface area contributed by atoms with Crippen LogP contribution in [0.2, 0.25) is 0 Å². The van der Waals surface area contributed by atoms with Crippen molar-refractivity contribution in [3.05, 3.63) is 33.0 Å². The third kappa shape index (κ3) is 3.57. The van der Waals surface area contributed by atoms with Gasteiger partial charge in [-0.2, -0.15) is 0 Å². The molecule has 1 amide bonds. The number of nitrogens with one attached hydrogen (secondary N) is 1. The minimum Gasteiger partial charge on any atom is -0.376 e. The summed E-state index contributed by atoms with van der Waals surface area (Å²) in [6.45, 7) is 6.85. The summed E-state index contributed by atoms with van der Waals surface area (Å²) in [5.74, 6) is 0.793. The summed E-state index contributed by atoms with van der Waals surface area (Å²) in [6, 6.07) is 0.187. The lowest BCUT2D eigenvalue weighted by molar-refractivity contribution is 0.0934. The predicted octanol–water partition coefficient (Wildman–Crippen LogP) is 2.02. The molecule has 1 saturated heterocycles. The Balaban J connectivity index is 1.35. The van der Waals surface area contributed by atoms with Crippen molar-refractivity contribution < 1.29 is 9.53 Å². The van der Waals surface area contributed by atoms with E-state index < -0.39 is 0 Å². The summed E-state index contributed by atoms with van der Waals surface area (Å²) in [5, 5.41) is 4.09. The minimum atomic E-state index is -0.00317. The SMILES string of the molecule is Cc1nc(C)c(C(=O)NC2CCN(c3ncc4c(n3)CCOC4)CC2)s1. The number of anilines is 1. The first-order valence-corrected chi connectivity index (χ1v) is 9.84. The highest BCUT2D eigenvalue weighted by Gasteiger charge is 2.25. The van der Waals surface area contributed by atoms with E-state index in [2.05, 4.69) is 20.2 Å². The molecule has 2 aromatic heterocycles. The highest BCUT2D eigenvalue weighted by atomic mass is 32.1. The van der Waals surface area contributed by atoms with Crippen molar-refractivity contribution in [3.63, 3.8) is 0 Å². The van der Waals surface area contributed by atoms with Gasteiger partial charge in [-0.15, -0.1) is 11.3 Å². The van der Waals surface area contributed by atoms with Crippen LogP contribution in [0.1, 0.15) is 44.5 Å². The number of piperidine rings is 1. The molecule has 0 atom stereocenters. The topological polar surface area (TPSA) is 80.2 Å². The number of carbonyl (C=O) groups excluding carboxylic acids is 1. The molecule has 0 aliphatic carbocycles. The van der Waals surface area contributed by atoms with Gasteiger partial charge in [0.1, 0.15) is 4.88 Å². The zero-order valence-electron chi connectivity index (χ0n) is 15.1. The Kier molecular flexibility index (Phi) is 4.86. The maximum absolute atomic E-state index is 12.5. The number of carbonyl (C=O) groups is 1. The van der Waals surface area contributed by atoms with Gasteiger partial charge >= 0.3 is 0 Å². The van der Waals surface area contributed by atoms with Gasteiger partial charge in [-0.1, -0.05) is 0 Å². The molecule has 26 heavy (non-hydrogen) atoms. The number of hydrogen-bond donors (Lipinski definition) is 1. The fourth-order valence-electron chi connectivity index (χ4n) is 3.49. The molecule has 7 nitrogen and oxygen atoms in total. The molecule has 0 unspecified atom stereocenters. The fraction of sp³-hybridized carbons (Fsp3) is 0.556. The number of hydrogen-bond acceptors (Lipinski definition) is 7. The summed E-state index contributed by atoms with van der Waals surface area (Å²) in [7, 11) is 0. The van der Waals surface area contributed by atoms with Crippen molar-refractivity contribution in [2.24, 2.45) is 0 Å². The van der Waals surface area contributed by atoms with Gasteiger partial charge in [-0.05, 0) is 26.7 Å². The molecular weight excluding hydrogens is 350 g/mol. The van der Waals surface area contributed by atoms with Crippen LogP contribution in [0.4, 0.5) is 5.95 Å². The summed E-state index contributed by atoms with van der Waals surface area (Å²) in [6.07, 6.45) is 4.53. The Morgan fingerprint density at radius 1 is 1.31 bits per heavy atom. The van der Waals surface area contributed by atoms with Crippen molar-refractivity contribution in [1.29, 1.82) is 0 Å². The lowest BCUT2D eigenvalue weighted by Gasteiger charge is -2.32. The molecule has 1 fully saturated rings. The lowest BCUT2D eigenvalue weighted by Crippen LogP contribution is -2.45. The number of aryl methyl sites for hydroxylation is 2. The van der Waals surface area contributed by atoms with Gasteiger partial charge in [0.2, 0.25) is 5.95 Å². The Labute approximate surface area is 156 Å². The van der Waals surface area contributed by atoms with Gasteiger partial charge in [0, 0.05) is 37.3 Å². The molecule has 0 radical (unpaired) electrons. The van der Waals surface area contributed by atoms with Crippen LogP contribution in [0.25, 0.3) is 0 Å². The molecular formula is C18H23N5O2S. The van der Waals surface area contributed by atoms with E-state index in [4.69, 9.17) is 9.72 Å². The second-order valence-corrected chi connectivity index (χ2v) is 8.03. The molecule has 2 aromatic rings. The molecule has 0 bridgehead atoms. The van der Waals surface area contributed by atoms with Crippen LogP contribution in [0.3, 0.4) is 0 Å². The van der Waals surface area contributed by atoms with E-state index >= 15 is 0 Å². The van der Waals surface area contributed by atoms with Gasteiger partial charge in [0.05, 0.1) is 29.6 Å². The second kappa shape index (κ2) is 7.28. The number of aromatic nitrogens is 3. The van der Waals surface area contributed by atoms with E-state index in [1.807, 2.05) is 20.0 Å². The van der Waals surface area contributed by atoms with Crippen LogP contribution in [0, 0.1) is 13.8 Å². The highest BCUT2D eigenvalue weighted by Crippen LogP contribution is 2.21. The zero-order valence-corrected chi connectivity index (χ0v) is 15.9. The molecule has 0 spiro atoms. The minimum absolute atomic E-state index is 0.00317. The Hall–Kier alpha value is -2.06.